The first-order chi connectivity index (χ1) is 12.1. The number of hydrogen-bond donors (Lipinski definition) is 2. The van der Waals surface area contributed by atoms with E-state index in [4.69, 9.17) is 4.74 Å². The van der Waals surface area contributed by atoms with E-state index in [0.29, 0.717) is 23.8 Å². The van der Waals surface area contributed by atoms with E-state index >= 15 is 0 Å². The number of carbonyl (C=O) groups is 1. The zero-order chi connectivity index (χ0) is 17.4. The van der Waals surface area contributed by atoms with Crippen molar-refractivity contribution in [2.24, 2.45) is 5.92 Å². The Morgan fingerprint density at radius 2 is 2.15 bits per heavy atom. The van der Waals surface area contributed by atoms with Gasteiger partial charge in [-0.1, -0.05) is 13.8 Å². The van der Waals surface area contributed by atoms with Crippen LogP contribution in [0.3, 0.4) is 0 Å². The minimum Gasteiger partial charge on any atom is -0.375 e. The minimum atomic E-state index is -0.0419. The van der Waals surface area contributed by atoms with Crippen LogP contribution in [0.2, 0.25) is 0 Å². The van der Waals surface area contributed by atoms with Gasteiger partial charge in [0.05, 0.1) is 12.7 Å². The first-order valence-corrected chi connectivity index (χ1v) is 9.53. The monoisotopic (exact) mass is 419 g/mol. The Balaban J connectivity index is 0.00000131. The smallest absolute Gasteiger partial charge is 0.271 e. The van der Waals surface area contributed by atoms with Gasteiger partial charge in [-0.25, -0.2) is 4.98 Å². The molecule has 1 amide bonds. The maximum absolute atomic E-state index is 12.6. The van der Waals surface area contributed by atoms with Crippen LogP contribution in [-0.2, 0) is 17.7 Å². The van der Waals surface area contributed by atoms with Gasteiger partial charge in [0.2, 0.25) is 0 Å². The maximum atomic E-state index is 12.6. The third-order valence-electron chi connectivity index (χ3n) is 5.67. The van der Waals surface area contributed by atoms with Gasteiger partial charge < -0.3 is 19.9 Å². The molecule has 3 aliphatic heterocycles. The molecule has 3 atom stereocenters. The molecule has 2 saturated heterocycles. The first-order valence-electron chi connectivity index (χ1n) is 9.53. The number of nitrogens with one attached hydrogen (secondary N) is 2. The summed E-state index contributed by atoms with van der Waals surface area (Å²) in [5, 5.41) is 6.54. The van der Waals surface area contributed by atoms with Crippen molar-refractivity contribution < 1.29 is 9.53 Å². The second kappa shape index (κ2) is 9.56. The lowest BCUT2D eigenvalue weighted by molar-refractivity contribution is -0.0683. The van der Waals surface area contributed by atoms with E-state index in [1.165, 1.54) is 0 Å². The van der Waals surface area contributed by atoms with Gasteiger partial charge in [0.25, 0.3) is 5.91 Å². The van der Waals surface area contributed by atoms with Crippen LogP contribution in [0.1, 0.15) is 36.6 Å². The summed E-state index contributed by atoms with van der Waals surface area (Å²) in [6, 6.07) is 0.625. The van der Waals surface area contributed by atoms with E-state index in [-0.39, 0.29) is 36.8 Å². The summed E-state index contributed by atoms with van der Waals surface area (Å²) < 4.78 is 8.09. The van der Waals surface area contributed by atoms with Crippen molar-refractivity contribution >= 4 is 30.7 Å². The highest BCUT2D eigenvalue weighted by atomic mass is 35.5. The fraction of sp³-hybridized carbons (Fsp3) is 0.778. The van der Waals surface area contributed by atoms with Crippen molar-refractivity contribution in [3.05, 3.63) is 17.7 Å². The lowest BCUT2D eigenvalue weighted by atomic mass is 10.0. The number of rotatable bonds is 3. The number of imidazole rings is 1. The predicted molar refractivity (Wildman–Crippen MR) is 109 cm³/mol. The Morgan fingerprint density at radius 3 is 2.93 bits per heavy atom. The Bertz CT molecular complexity index is 616. The van der Waals surface area contributed by atoms with Crippen LogP contribution in [0.25, 0.3) is 0 Å². The SMILES string of the molecule is CC(C)[C@H]1CN2C[C@H](NC(=O)c3cn4c(n3)CCNCC4)C[C@H]2CO1.Cl.Cl. The van der Waals surface area contributed by atoms with Gasteiger partial charge in [-0.15, -0.1) is 24.8 Å². The van der Waals surface area contributed by atoms with Crippen LogP contribution in [0.5, 0.6) is 0 Å². The highest BCUT2D eigenvalue weighted by molar-refractivity contribution is 5.92. The molecule has 154 valence electrons. The van der Waals surface area contributed by atoms with E-state index in [9.17, 15) is 4.79 Å². The zero-order valence-electron chi connectivity index (χ0n) is 16.0. The molecule has 0 aliphatic carbocycles. The summed E-state index contributed by atoms with van der Waals surface area (Å²) in [7, 11) is 0. The van der Waals surface area contributed by atoms with Gasteiger partial charge in [0.1, 0.15) is 11.5 Å². The van der Waals surface area contributed by atoms with E-state index < -0.39 is 0 Å². The van der Waals surface area contributed by atoms with Crippen molar-refractivity contribution in [2.45, 2.75) is 51.4 Å². The van der Waals surface area contributed by atoms with Crippen molar-refractivity contribution in [1.82, 2.24) is 25.1 Å². The molecule has 0 saturated carbocycles. The molecule has 0 radical (unpaired) electrons. The average molecular weight is 420 g/mol. The van der Waals surface area contributed by atoms with Crippen LogP contribution < -0.4 is 10.6 Å². The largest absolute Gasteiger partial charge is 0.375 e. The summed E-state index contributed by atoms with van der Waals surface area (Å²) in [6.07, 6.45) is 4.05. The van der Waals surface area contributed by atoms with Crippen LogP contribution >= 0.6 is 24.8 Å². The standard InChI is InChI=1S/C18H29N5O2.2ClH/c1-12(2)16-10-23-8-13(7-14(23)11-25-16)20-18(24)15-9-22-6-5-19-4-3-17(22)21-15;;/h9,12-14,16,19H,3-8,10-11H2,1-2H3,(H,20,24);2*1H/t13-,14+,16-;;/m1../s1. The van der Waals surface area contributed by atoms with Crippen LogP contribution in [-0.4, -0.2) is 71.3 Å². The Morgan fingerprint density at radius 1 is 1.33 bits per heavy atom. The fourth-order valence-corrected chi connectivity index (χ4v) is 4.15. The average Bonchev–Trinajstić information content (AvgIpc) is 3.11. The van der Waals surface area contributed by atoms with Crippen molar-refractivity contribution in [2.75, 3.05) is 32.8 Å². The zero-order valence-corrected chi connectivity index (χ0v) is 17.7. The molecule has 0 bridgehead atoms. The molecule has 2 fully saturated rings. The molecule has 27 heavy (non-hydrogen) atoms. The number of hydrogen-bond acceptors (Lipinski definition) is 5. The first kappa shape index (κ1) is 22.4. The second-order valence-corrected chi connectivity index (χ2v) is 7.87. The number of aromatic nitrogens is 2. The quantitative estimate of drug-likeness (QED) is 0.767. The van der Waals surface area contributed by atoms with Gasteiger partial charge in [-0.2, -0.15) is 0 Å². The lowest BCUT2D eigenvalue weighted by Crippen LogP contribution is -2.48. The van der Waals surface area contributed by atoms with Gasteiger partial charge >= 0.3 is 0 Å². The number of halogens is 2. The molecule has 0 spiro atoms. The molecular formula is C18H31Cl2N5O2. The number of fused-ring (bicyclic) bond motifs is 2. The molecule has 4 heterocycles. The summed E-state index contributed by atoms with van der Waals surface area (Å²) in [4.78, 5) is 19.7. The summed E-state index contributed by atoms with van der Waals surface area (Å²) in [6.45, 7) is 9.82. The molecule has 7 nitrogen and oxygen atoms in total. The molecule has 9 heteroatoms. The van der Waals surface area contributed by atoms with Gasteiger partial charge in [-0.3, -0.25) is 9.69 Å². The Kier molecular flexibility index (Phi) is 7.94. The highest BCUT2D eigenvalue weighted by Gasteiger charge is 2.38. The van der Waals surface area contributed by atoms with Crippen LogP contribution in [0, 0.1) is 5.92 Å². The maximum Gasteiger partial charge on any atom is 0.271 e. The van der Waals surface area contributed by atoms with E-state index in [1.54, 1.807) is 0 Å². The number of carbonyl (C=O) groups excluding carboxylic acids is 1. The van der Waals surface area contributed by atoms with Crippen LogP contribution in [0.15, 0.2) is 6.20 Å². The highest BCUT2D eigenvalue weighted by Crippen LogP contribution is 2.26. The molecule has 1 aromatic heterocycles. The third kappa shape index (κ3) is 4.95. The Hall–Kier alpha value is -0.860. The van der Waals surface area contributed by atoms with Gasteiger partial charge in [-0.05, 0) is 12.3 Å². The number of amides is 1. The van der Waals surface area contributed by atoms with E-state index in [2.05, 4.69) is 38.9 Å². The van der Waals surface area contributed by atoms with E-state index in [0.717, 1.165) is 58.0 Å². The van der Waals surface area contributed by atoms with Crippen LogP contribution in [0.4, 0.5) is 0 Å². The minimum absolute atomic E-state index is 0. The normalized spacial score (nSPS) is 27.7. The van der Waals surface area contributed by atoms with Crippen molar-refractivity contribution in [3.63, 3.8) is 0 Å². The fourth-order valence-electron chi connectivity index (χ4n) is 4.15. The molecular weight excluding hydrogens is 389 g/mol. The number of nitrogens with zero attached hydrogens (tertiary/aromatic N) is 3. The van der Waals surface area contributed by atoms with Crippen molar-refractivity contribution in [1.29, 1.82) is 0 Å². The van der Waals surface area contributed by atoms with Gasteiger partial charge in [0, 0.05) is 57.4 Å². The number of morpholine rings is 1. The molecule has 1 aromatic rings. The Labute approximate surface area is 173 Å². The molecule has 0 unspecified atom stereocenters. The summed E-state index contributed by atoms with van der Waals surface area (Å²) >= 11 is 0. The second-order valence-electron chi connectivity index (χ2n) is 7.87. The summed E-state index contributed by atoms with van der Waals surface area (Å²) in [5.41, 5.74) is 0.554. The molecule has 0 aromatic carbocycles. The predicted octanol–water partition coefficient (Wildman–Crippen LogP) is 1.10. The topological polar surface area (TPSA) is 71.4 Å². The summed E-state index contributed by atoms with van der Waals surface area (Å²) in [5.74, 6) is 1.50. The molecule has 2 N–H and O–H groups in total. The van der Waals surface area contributed by atoms with Crippen molar-refractivity contribution in [3.8, 4) is 0 Å². The lowest BCUT2D eigenvalue weighted by Gasteiger charge is -2.36. The molecule has 4 rings (SSSR count). The van der Waals surface area contributed by atoms with Gasteiger partial charge in [0.15, 0.2) is 0 Å². The number of ether oxygens (including phenoxy) is 1. The molecule has 3 aliphatic rings. The van der Waals surface area contributed by atoms with E-state index in [1.807, 2.05) is 6.20 Å². The third-order valence-corrected chi connectivity index (χ3v) is 5.67.